The van der Waals surface area contributed by atoms with Crippen molar-refractivity contribution in [3.05, 3.63) is 0 Å². The molecule has 8 nitrogen and oxygen atoms in total. The van der Waals surface area contributed by atoms with Crippen LogP contribution in [-0.4, -0.2) is 44.1 Å². The molecule has 1 unspecified atom stereocenters. The Morgan fingerprint density at radius 1 is 1.65 bits per heavy atom. The maximum atomic E-state index is 11.1. The molecule has 17 heavy (non-hydrogen) atoms. The van der Waals surface area contributed by atoms with Gasteiger partial charge < -0.3 is 10.5 Å². The Labute approximate surface area is 97.9 Å². The zero-order valence-corrected chi connectivity index (χ0v) is 9.38. The van der Waals surface area contributed by atoms with Crippen LogP contribution in [0.4, 0.5) is 0 Å². The molecular formula is C9H14N4O4. The van der Waals surface area contributed by atoms with Gasteiger partial charge in [0.15, 0.2) is 12.0 Å². The van der Waals surface area contributed by atoms with E-state index in [2.05, 4.69) is 20.0 Å². The molecule has 0 aromatic rings. The Bertz CT molecular complexity index is 336. The molecule has 0 bridgehead atoms. The van der Waals surface area contributed by atoms with E-state index in [1.54, 1.807) is 0 Å². The molecule has 0 saturated carbocycles. The average Bonchev–Trinajstić information content (AvgIpc) is 2.32. The first-order valence-corrected chi connectivity index (χ1v) is 4.80. The Balaban J connectivity index is 4.06. The van der Waals surface area contributed by atoms with Crippen LogP contribution in [0.15, 0.2) is 9.98 Å². The lowest BCUT2D eigenvalue weighted by Gasteiger charge is -2.06. The van der Waals surface area contributed by atoms with Gasteiger partial charge in [-0.25, -0.2) is 9.59 Å². The Morgan fingerprint density at radius 2 is 2.35 bits per heavy atom. The number of nitrogens with two attached hydrogens (primary N) is 1. The summed E-state index contributed by atoms with van der Waals surface area (Å²) in [7, 11) is 1.21. The fraction of sp³-hybridized carbons (Fsp3) is 0.556. The molecule has 0 aliphatic carbocycles. The summed E-state index contributed by atoms with van der Waals surface area (Å²) in [4.78, 5) is 38.3. The second kappa shape index (κ2) is 9.05. The zero-order valence-electron chi connectivity index (χ0n) is 9.38. The van der Waals surface area contributed by atoms with Crippen molar-refractivity contribution in [2.24, 2.45) is 15.7 Å². The number of hydrogen-bond acceptors (Lipinski definition) is 6. The van der Waals surface area contributed by atoms with Gasteiger partial charge in [-0.2, -0.15) is 4.99 Å². The van der Waals surface area contributed by atoms with E-state index >= 15 is 0 Å². The van der Waals surface area contributed by atoms with Gasteiger partial charge in [0.2, 0.25) is 12.5 Å². The lowest BCUT2D eigenvalue weighted by Crippen LogP contribution is -2.30. The lowest BCUT2D eigenvalue weighted by atomic mass is 10.1. The van der Waals surface area contributed by atoms with Gasteiger partial charge in [0.1, 0.15) is 0 Å². The molecule has 0 fully saturated rings. The second-order valence-corrected chi connectivity index (χ2v) is 2.93. The standard InChI is InChI=1S/C9H14N4O4/c1-17-8(16)7(12-5-14)3-2-4-11-9(10)13-6-15/h6-7H,2-4H2,1H3,(H3,10,11,13,15). The summed E-state index contributed by atoms with van der Waals surface area (Å²) in [5, 5.41) is 2.16. The lowest BCUT2D eigenvalue weighted by molar-refractivity contribution is -0.142. The highest BCUT2D eigenvalue weighted by Crippen LogP contribution is 2.03. The number of rotatable bonds is 7. The van der Waals surface area contributed by atoms with Crippen molar-refractivity contribution in [2.45, 2.75) is 18.9 Å². The average molecular weight is 242 g/mol. The molecule has 3 N–H and O–H groups in total. The molecule has 0 spiro atoms. The van der Waals surface area contributed by atoms with Gasteiger partial charge in [-0.1, -0.05) is 0 Å². The van der Waals surface area contributed by atoms with E-state index in [1.165, 1.54) is 13.2 Å². The van der Waals surface area contributed by atoms with E-state index in [0.29, 0.717) is 25.8 Å². The van der Waals surface area contributed by atoms with E-state index in [1.807, 2.05) is 0 Å². The van der Waals surface area contributed by atoms with Crippen molar-refractivity contribution in [3.8, 4) is 0 Å². The minimum absolute atomic E-state index is 0.00601. The summed E-state index contributed by atoms with van der Waals surface area (Å²) in [5.74, 6) is -0.607. The van der Waals surface area contributed by atoms with Crippen LogP contribution in [0.5, 0.6) is 0 Å². The maximum absolute atomic E-state index is 11.1. The number of carbonyl (C=O) groups is 2. The summed E-state index contributed by atoms with van der Waals surface area (Å²) >= 11 is 0. The van der Waals surface area contributed by atoms with Crippen molar-refractivity contribution in [2.75, 3.05) is 13.7 Å². The quantitative estimate of drug-likeness (QED) is 0.143. The largest absolute Gasteiger partial charge is 0.467 e. The summed E-state index contributed by atoms with van der Waals surface area (Å²) in [6, 6.07) is -0.868. The molecule has 94 valence electrons. The number of esters is 1. The number of guanidine groups is 1. The molecule has 0 aromatic carbocycles. The third-order valence-corrected chi connectivity index (χ3v) is 1.81. The minimum Gasteiger partial charge on any atom is -0.467 e. The second-order valence-electron chi connectivity index (χ2n) is 2.93. The molecular weight excluding hydrogens is 228 g/mol. The summed E-state index contributed by atoms with van der Waals surface area (Å²) in [5.41, 5.74) is 5.28. The number of nitrogens with one attached hydrogen (secondary N) is 1. The fourth-order valence-electron chi connectivity index (χ4n) is 1.02. The van der Waals surface area contributed by atoms with Crippen LogP contribution < -0.4 is 11.1 Å². The number of methoxy groups -OCH3 is 1. The fourth-order valence-corrected chi connectivity index (χ4v) is 1.02. The summed E-state index contributed by atoms with van der Waals surface area (Å²) in [6.07, 6.45) is 2.47. The monoisotopic (exact) mass is 242 g/mol. The van der Waals surface area contributed by atoms with Crippen LogP contribution in [0.1, 0.15) is 12.8 Å². The number of hydrogen-bond donors (Lipinski definition) is 2. The van der Waals surface area contributed by atoms with Gasteiger partial charge in [-0.3, -0.25) is 15.1 Å². The van der Waals surface area contributed by atoms with E-state index in [-0.39, 0.29) is 5.96 Å². The van der Waals surface area contributed by atoms with Crippen LogP contribution in [-0.2, 0) is 19.1 Å². The molecule has 0 aliphatic heterocycles. The van der Waals surface area contributed by atoms with Gasteiger partial charge >= 0.3 is 5.97 Å². The molecule has 8 heteroatoms. The summed E-state index contributed by atoms with van der Waals surface area (Å²) in [6.45, 7) is 0.300. The van der Waals surface area contributed by atoms with Crippen LogP contribution >= 0.6 is 0 Å². The van der Waals surface area contributed by atoms with Crippen molar-refractivity contribution in [1.29, 1.82) is 0 Å². The number of amides is 1. The Hall–Kier alpha value is -2.21. The highest BCUT2D eigenvalue weighted by Gasteiger charge is 2.17. The number of ether oxygens (including phenoxy) is 1. The molecule has 1 amide bonds. The van der Waals surface area contributed by atoms with Crippen molar-refractivity contribution in [3.63, 3.8) is 0 Å². The van der Waals surface area contributed by atoms with Crippen molar-refractivity contribution >= 4 is 24.4 Å². The van der Waals surface area contributed by atoms with E-state index in [9.17, 15) is 14.4 Å². The number of nitrogens with zero attached hydrogens (tertiary/aromatic N) is 2. The van der Waals surface area contributed by atoms with Gasteiger partial charge in [-0.15, -0.1) is 0 Å². The van der Waals surface area contributed by atoms with Crippen LogP contribution in [0.2, 0.25) is 0 Å². The third-order valence-electron chi connectivity index (χ3n) is 1.81. The molecule has 1 atom stereocenters. The number of carbonyl (C=O) groups excluding carboxylic acids is 3. The molecule has 0 saturated heterocycles. The number of aliphatic imine (C=N–C) groups is 2. The molecule has 0 heterocycles. The Kier molecular flexibility index (Phi) is 7.87. The molecule has 0 radical (unpaired) electrons. The highest BCUT2D eigenvalue weighted by atomic mass is 16.5. The van der Waals surface area contributed by atoms with E-state index in [0.717, 1.165) is 0 Å². The SMILES string of the molecule is COC(=O)C(CCCN=C(N)NC=O)N=C=O. The van der Waals surface area contributed by atoms with Gasteiger partial charge in [-0.05, 0) is 12.8 Å². The van der Waals surface area contributed by atoms with Crippen molar-refractivity contribution in [1.82, 2.24) is 5.32 Å². The van der Waals surface area contributed by atoms with Gasteiger partial charge in [0.25, 0.3) is 0 Å². The van der Waals surface area contributed by atoms with Gasteiger partial charge in [0, 0.05) is 6.54 Å². The first kappa shape index (κ1) is 14.8. The Morgan fingerprint density at radius 3 is 2.88 bits per heavy atom. The maximum Gasteiger partial charge on any atom is 0.331 e. The van der Waals surface area contributed by atoms with Crippen LogP contribution in [0, 0.1) is 0 Å². The van der Waals surface area contributed by atoms with Crippen LogP contribution in [0.3, 0.4) is 0 Å². The predicted molar refractivity (Wildman–Crippen MR) is 58.8 cm³/mol. The normalized spacial score (nSPS) is 12.2. The highest BCUT2D eigenvalue weighted by molar-refractivity contribution is 5.87. The smallest absolute Gasteiger partial charge is 0.331 e. The number of isocyanates is 1. The first-order valence-electron chi connectivity index (χ1n) is 4.80. The van der Waals surface area contributed by atoms with Crippen LogP contribution in [0.25, 0.3) is 0 Å². The van der Waals surface area contributed by atoms with E-state index in [4.69, 9.17) is 5.73 Å². The summed E-state index contributed by atoms with van der Waals surface area (Å²) < 4.78 is 4.45. The van der Waals surface area contributed by atoms with Gasteiger partial charge in [0.05, 0.1) is 7.11 Å². The third kappa shape index (κ3) is 6.80. The van der Waals surface area contributed by atoms with E-state index < -0.39 is 12.0 Å². The first-order chi connectivity index (χ1) is 8.15. The molecule has 0 aromatic heterocycles. The predicted octanol–water partition coefficient (Wildman–Crippen LogP) is -1.30. The zero-order chi connectivity index (χ0) is 13.1. The molecule has 0 rings (SSSR count). The topological polar surface area (TPSA) is 123 Å². The minimum atomic E-state index is -0.868. The van der Waals surface area contributed by atoms with Crippen molar-refractivity contribution < 1.29 is 19.1 Å². The molecule has 0 aliphatic rings.